The molecule has 2 aliphatic heterocycles. The van der Waals surface area contributed by atoms with Crippen LogP contribution < -0.4 is 21.3 Å². The molecule has 5 amide bonds. The van der Waals surface area contributed by atoms with Crippen molar-refractivity contribution in [3.05, 3.63) is 12.2 Å². The molecule has 34 heavy (non-hydrogen) atoms. The first-order valence-electron chi connectivity index (χ1n) is 11.4. The number of thioether (sulfide) groups is 1. The Labute approximate surface area is 204 Å². The van der Waals surface area contributed by atoms with Gasteiger partial charge in [0.15, 0.2) is 6.23 Å². The van der Waals surface area contributed by atoms with Gasteiger partial charge in [-0.05, 0) is 45.9 Å². The number of fused-ring (bicyclic) bond motifs is 1. The van der Waals surface area contributed by atoms with E-state index in [-0.39, 0.29) is 36.5 Å². The van der Waals surface area contributed by atoms with Crippen LogP contribution in [0, 0.1) is 0 Å². The van der Waals surface area contributed by atoms with E-state index < -0.39 is 29.9 Å². The second kappa shape index (κ2) is 13.3. The number of carbonyl (C=O) groups excluding carboxylic acids is 5. The summed E-state index contributed by atoms with van der Waals surface area (Å²) in [6.07, 6.45) is 7.44. The van der Waals surface area contributed by atoms with Crippen molar-refractivity contribution in [2.24, 2.45) is 0 Å². The van der Waals surface area contributed by atoms with E-state index in [0.717, 1.165) is 12.8 Å². The fourth-order valence-corrected chi connectivity index (χ4v) is 3.66. The molecule has 0 saturated carbocycles. The molecule has 2 heterocycles. The summed E-state index contributed by atoms with van der Waals surface area (Å²) in [5.41, 5.74) is 0. The minimum Gasteiger partial charge on any atom is -0.345 e. The third-order valence-electron chi connectivity index (χ3n) is 5.49. The molecule has 2 unspecified atom stereocenters. The Kier molecular flexibility index (Phi) is 10.8. The molecule has 4 N–H and O–H groups in total. The molecule has 0 aromatic rings. The smallest absolute Gasteiger partial charge is 0.248 e. The maximum Gasteiger partial charge on any atom is 0.248 e. The van der Waals surface area contributed by atoms with Gasteiger partial charge in [-0.3, -0.25) is 24.0 Å². The molecule has 0 aromatic carbocycles. The highest BCUT2D eigenvalue weighted by Crippen LogP contribution is 2.31. The minimum absolute atomic E-state index is 0.0257. The third kappa shape index (κ3) is 8.64. The zero-order valence-electron chi connectivity index (χ0n) is 20.1. The summed E-state index contributed by atoms with van der Waals surface area (Å²) in [5, 5.41) is 10.4. The van der Waals surface area contributed by atoms with Crippen molar-refractivity contribution in [2.45, 2.75) is 76.9 Å². The van der Waals surface area contributed by atoms with Crippen molar-refractivity contribution in [3.63, 3.8) is 0 Å². The van der Waals surface area contributed by atoms with E-state index >= 15 is 0 Å². The molecule has 1 saturated heterocycles. The molecule has 0 radical (unpaired) electrons. The number of carbonyl (C=O) groups is 5. The lowest BCUT2D eigenvalue weighted by Gasteiger charge is -2.21. The number of rotatable bonds is 14. The van der Waals surface area contributed by atoms with Crippen LogP contribution in [0.5, 0.6) is 0 Å². The van der Waals surface area contributed by atoms with E-state index in [4.69, 9.17) is 4.74 Å². The van der Waals surface area contributed by atoms with Gasteiger partial charge in [0, 0.05) is 19.0 Å². The molecular formula is C22H35N5O6S. The van der Waals surface area contributed by atoms with Gasteiger partial charge < -0.3 is 30.9 Å². The van der Waals surface area contributed by atoms with Crippen molar-refractivity contribution in [1.82, 2.24) is 26.2 Å². The Morgan fingerprint density at radius 1 is 0.971 bits per heavy atom. The predicted molar refractivity (Wildman–Crippen MR) is 127 cm³/mol. The Balaban J connectivity index is 1.60. The number of hydrogen-bond acceptors (Lipinski definition) is 7. The molecule has 190 valence electrons. The van der Waals surface area contributed by atoms with Crippen LogP contribution in [0.25, 0.3) is 0 Å². The monoisotopic (exact) mass is 497 g/mol. The fourth-order valence-electron chi connectivity index (χ4n) is 3.37. The maximum absolute atomic E-state index is 12.3. The highest BCUT2D eigenvalue weighted by atomic mass is 32.2. The molecule has 0 aliphatic carbocycles. The van der Waals surface area contributed by atoms with Gasteiger partial charge in [0.1, 0.15) is 24.2 Å². The summed E-state index contributed by atoms with van der Waals surface area (Å²) in [6.45, 7) is 5.19. The summed E-state index contributed by atoms with van der Waals surface area (Å²) >= 11 is 1.45. The van der Waals surface area contributed by atoms with Crippen LogP contribution in [-0.4, -0.2) is 83.6 Å². The summed E-state index contributed by atoms with van der Waals surface area (Å²) in [4.78, 5) is 62.1. The van der Waals surface area contributed by atoms with E-state index in [9.17, 15) is 24.0 Å². The number of epoxide rings is 1. The molecule has 2 aliphatic rings. The Hall–Kier alpha value is -2.60. The van der Waals surface area contributed by atoms with Gasteiger partial charge in [0.05, 0.1) is 5.88 Å². The topological polar surface area (TPSA) is 149 Å². The number of nitrogens with zero attached hydrogens (tertiary/aromatic N) is 1. The van der Waals surface area contributed by atoms with Gasteiger partial charge in [-0.2, -0.15) is 0 Å². The maximum atomic E-state index is 12.3. The third-order valence-corrected chi connectivity index (χ3v) is 5.92. The van der Waals surface area contributed by atoms with Crippen LogP contribution in [0.2, 0.25) is 0 Å². The summed E-state index contributed by atoms with van der Waals surface area (Å²) in [6, 6.07) is -2.42. The molecule has 2 rings (SSSR count). The van der Waals surface area contributed by atoms with Crippen molar-refractivity contribution < 1.29 is 28.7 Å². The first-order chi connectivity index (χ1) is 16.1. The lowest BCUT2D eigenvalue weighted by Crippen LogP contribution is -2.54. The molecule has 5 atom stereocenters. The minimum atomic E-state index is -0.870. The van der Waals surface area contributed by atoms with E-state index in [2.05, 4.69) is 21.3 Å². The lowest BCUT2D eigenvalue weighted by atomic mass is 10.1. The lowest BCUT2D eigenvalue weighted by molar-refractivity contribution is -0.133. The quantitative estimate of drug-likeness (QED) is 0.145. The van der Waals surface area contributed by atoms with Crippen LogP contribution in [0.3, 0.4) is 0 Å². The number of ether oxygens (including phenoxy) is 1. The first kappa shape index (κ1) is 27.6. The summed E-state index contributed by atoms with van der Waals surface area (Å²) in [7, 11) is 0. The van der Waals surface area contributed by atoms with Gasteiger partial charge >= 0.3 is 0 Å². The molecule has 12 heteroatoms. The van der Waals surface area contributed by atoms with Gasteiger partial charge in [0.2, 0.25) is 29.5 Å². The van der Waals surface area contributed by atoms with Crippen molar-refractivity contribution >= 4 is 41.3 Å². The van der Waals surface area contributed by atoms with E-state index in [1.807, 2.05) is 6.26 Å². The molecule has 1 fully saturated rings. The van der Waals surface area contributed by atoms with Gasteiger partial charge in [-0.25, -0.2) is 0 Å². The molecule has 0 spiro atoms. The summed E-state index contributed by atoms with van der Waals surface area (Å²) in [5.74, 6) is -1.18. The molecule has 0 aromatic heterocycles. The first-order valence-corrected chi connectivity index (χ1v) is 12.8. The van der Waals surface area contributed by atoms with Crippen molar-refractivity contribution in [2.75, 3.05) is 18.7 Å². The van der Waals surface area contributed by atoms with Crippen LogP contribution in [-0.2, 0) is 28.7 Å². The van der Waals surface area contributed by atoms with Crippen molar-refractivity contribution in [1.29, 1.82) is 0 Å². The van der Waals surface area contributed by atoms with Crippen molar-refractivity contribution in [3.8, 4) is 0 Å². The number of unbranched alkanes of at least 4 members (excludes halogenated alkanes) is 2. The van der Waals surface area contributed by atoms with Crippen LogP contribution in [0.4, 0.5) is 0 Å². The van der Waals surface area contributed by atoms with E-state index in [0.29, 0.717) is 18.8 Å². The largest absolute Gasteiger partial charge is 0.345 e. The zero-order valence-corrected chi connectivity index (χ0v) is 20.9. The second-order valence-electron chi connectivity index (χ2n) is 8.42. The SMILES string of the molecule is CSCNC(=O)[C@H](C)NC(=O)[C@H](C)NC(=O)[C@H](C)NC(=O)CCCCCN1C(=O)C=CC2OC21. The van der Waals surface area contributed by atoms with E-state index in [1.165, 1.54) is 31.7 Å². The molecular weight excluding hydrogens is 462 g/mol. The average Bonchev–Trinajstić information content (AvgIpc) is 3.58. The fraction of sp³-hybridized carbons (Fsp3) is 0.682. The van der Waals surface area contributed by atoms with Gasteiger partial charge in [0.25, 0.3) is 0 Å². The number of amides is 5. The van der Waals surface area contributed by atoms with Crippen LogP contribution >= 0.6 is 11.8 Å². The highest BCUT2D eigenvalue weighted by molar-refractivity contribution is 7.98. The number of nitrogens with one attached hydrogen (secondary N) is 4. The average molecular weight is 498 g/mol. The molecule has 11 nitrogen and oxygen atoms in total. The number of hydrogen-bond donors (Lipinski definition) is 4. The summed E-state index contributed by atoms with van der Waals surface area (Å²) < 4.78 is 5.38. The standard InChI is InChI=1S/C22H35N5O6S/c1-13(19(30)23-12-34-4)25-21(32)15(3)26-20(31)14(2)24-17(28)8-6-5-7-11-27-18(29)10-9-16-22(27)33-16/h9-10,13-16,22H,5-8,11-12H2,1-4H3,(H,23,30)(H,24,28)(H,25,32)(H,26,31)/t13-,14-,15-,16?,22?/m0/s1. The highest BCUT2D eigenvalue weighted by Gasteiger charge is 2.46. The van der Waals surface area contributed by atoms with Gasteiger partial charge in [-0.15, -0.1) is 11.8 Å². The van der Waals surface area contributed by atoms with Gasteiger partial charge in [-0.1, -0.05) is 6.42 Å². The van der Waals surface area contributed by atoms with Crippen LogP contribution in [0.15, 0.2) is 12.2 Å². The van der Waals surface area contributed by atoms with E-state index in [1.54, 1.807) is 17.9 Å². The Morgan fingerprint density at radius 3 is 2.24 bits per heavy atom. The molecule has 0 bridgehead atoms. The Morgan fingerprint density at radius 2 is 1.59 bits per heavy atom. The second-order valence-corrected chi connectivity index (χ2v) is 9.28. The predicted octanol–water partition coefficient (Wildman–Crippen LogP) is -0.379. The Bertz CT molecular complexity index is 807. The zero-order chi connectivity index (χ0) is 25.3. The normalized spacial score (nSPS) is 21.1. The van der Waals surface area contributed by atoms with Crippen LogP contribution in [0.1, 0.15) is 46.5 Å².